The number of hydrogen-bond donors (Lipinski definition) is 2. The number of benzene rings is 1. The molecule has 0 aromatic heterocycles. The molecule has 0 aliphatic heterocycles. The highest BCUT2D eigenvalue weighted by molar-refractivity contribution is 9.10. The Morgan fingerprint density at radius 2 is 2.19 bits per heavy atom. The van der Waals surface area contributed by atoms with E-state index >= 15 is 0 Å². The van der Waals surface area contributed by atoms with E-state index in [9.17, 15) is 9.90 Å². The van der Waals surface area contributed by atoms with Crippen molar-refractivity contribution in [2.75, 3.05) is 7.11 Å². The van der Waals surface area contributed by atoms with Crippen LogP contribution in [-0.2, 0) is 11.2 Å². The molecule has 0 radical (unpaired) electrons. The van der Waals surface area contributed by atoms with E-state index in [0.29, 0.717) is 22.2 Å². The van der Waals surface area contributed by atoms with Gasteiger partial charge in [0.2, 0.25) is 0 Å². The van der Waals surface area contributed by atoms with Gasteiger partial charge in [-0.25, -0.2) is 0 Å². The van der Waals surface area contributed by atoms with Crippen molar-refractivity contribution in [2.45, 2.75) is 13.3 Å². The molecule has 0 saturated heterocycles. The van der Waals surface area contributed by atoms with Crippen LogP contribution in [0.4, 0.5) is 0 Å². The number of ether oxygens (including phenoxy) is 1. The third-order valence-electron chi connectivity index (χ3n) is 2.32. The molecule has 1 rings (SSSR count). The summed E-state index contributed by atoms with van der Waals surface area (Å²) in [6, 6.07) is 3.41. The first-order chi connectivity index (χ1) is 7.47. The Morgan fingerprint density at radius 1 is 1.56 bits per heavy atom. The number of aliphatic carboxylic acids is 1. The first-order valence-corrected chi connectivity index (χ1v) is 5.53. The van der Waals surface area contributed by atoms with Crippen LogP contribution < -0.4 is 4.74 Å². The Balaban J connectivity index is 3.05. The third-order valence-corrected chi connectivity index (χ3v) is 2.96. The number of carbonyl (C=O) groups is 1. The number of carboxylic acids is 1. The lowest BCUT2D eigenvalue weighted by Crippen LogP contribution is -2.12. The van der Waals surface area contributed by atoms with Crippen molar-refractivity contribution >= 4 is 21.9 Å². The van der Waals surface area contributed by atoms with Gasteiger partial charge in [0.1, 0.15) is 0 Å². The summed E-state index contributed by atoms with van der Waals surface area (Å²) >= 11 is 3.17. The maximum absolute atomic E-state index is 10.7. The molecule has 0 spiro atoms. The van der Waals surface area contributed by atoms with Crippen molar-refractivity contribution in [3.63, 3.8) is 0 Å². The smallest absolute Gasteiger partial charge is 0.306 e. The number of phenolic OH excluding ortho intramolecular Hbond substituents is 1. The fourth-order valence-electron chi connectivity index (χ4n) is 1.39. The predicted molar refractivity (Wildman–Crippen MR) is 62.9 cm³/mol. The summed E-state index contributed by atoms with van der Waals surface area (Å²) in [5.41, 5.74) is 0.679. The van der Waals surface area contributed by atoms with E-state index in [-0.39, 0.29) is 5.75 Å². The number of aromatic hydroxyl groups is 1. The van der Waals surface area contributed by atoms with E-state index in [1.165, 1.54) is 7.11 Å². The Hall–Kier alpha value is -1.23. The number of carboxylic acid groups (broad SMARTS) is 1. The number of hydrogen-bond acceptors (Lipinski definition) is 3. The maximum Gasteiger partial charge on any atom is 0.306 e. The largest absolute Gasteiger partial charge is 0.503 e. The Kier molecular flexibility index (Phi) is 4.18. The molecule has 88 valence electrons. The SMILES string of the molecule is COc1c(CC(C)C(=O)O)ccc(Br)c1O. The summed E-state index contributed by atoms with van der Waals surface area (Å²) in [5, 5.41) is 18.5. The molecule has 0 fully saturated rings. The summed E-state index contributed by atoms with van der Waals surface area (Å²) in [7, 11) is 1.44. The summed E-state index contributed by atoms with van der Waals surface area (Å²) in [6.45, 7) is 1.61. The van der Waals surface area contributed by atoms with Crippen LogP contribution in [0.15, 0.2) is 16.6 Å². The minimum absolute atomic E-state index is 0.00223. The molecule has 0 heterocycles. The highest BCUT2D eigenvalue weighted by atomic mass is 79.9. The van der Waals surface area contributed by atoms with Crippen LogP contribution in [0.25, 0.3) is 0 Å². The van der Waals surface area contributed by atoms with E-state index in [0.717, 1.165) is 0 Å². The highest BCUT2D eigenvalue weighted by Crippen LogP contribution is 2.37. The molecule has 0 aliphatic carbocycles. The second-order valence-corrected chi connectivity index (χ2v) is 4.39. The molecule has 1 aromatic rings. The van der Waals surface area contributed by atoms with Gasteiger partial charge in [-0.2, -0.15) is 0 Å². The monoisotopic (exact) mass is 288 g/mol. The molecule has 5 heteroatoms. The molecule has 2 N–H and O–H groups in total. The van der Waals surface area contributed by atoms with E-state index in [1.807, 2.05) is 0 Å². The van der Waals surface area contributed by atoms with Crippen molar-refractivity contribution in [1.82, 2.24) is 0 Å². The fourth-order valence-corrected chi connectivity index (χ4v) is 1.71. The van der Waals surface area contributed by atoms with Crippen molar-refractivity contribution in [2.24, 2.45) is 5.92 Å². The molecule has 1 atom stereocenters. The maximum atomic E-state index is 10.7. The van der Waals surface area contributed by atoms with Crippen molar-refractivity contribution < 1.29 is 19.7 Å². The zero-order valence-electron chi connectivity index (χ0n) is 9.03. The van der Waals surface area contributed by atoms with E-state index < -0.39 is 11.9 Å². The summed E-state index contributed by atoms with van der Waals surface area (Å²) in [5.74, 6) is -1.07. The molecule has 1 unspecified atom stereocenters. The topological polar surface area (TPSA) is 66.8 Å². The van der Waals surface area contributed by atoms with Gasteiger partial charge < -0.3 is 14.9 Å². The zero-order chi connectivity index (χ0) is 12.3. The first-order valence-electron chi connectivity index (χ1n) is 4.74. The van der Waals surface area contributed by atoms with Crippen molar-refractivity contribution in [1.29, 1.82) is 0 Å². The third kappa shape index (κ3) is 2.66. The second-order valence-electron chi connectivity index (χ2n) is 3.53. The van der Waals surface area contributed by atoms with Gasteiger partial charge in [0.15, 0.2) is 11.5 Å². The first kappa shape index (κ1) is 12.8. The van der Waals surface area contributed by atoms with Crippen molar-refractivity contribution in [3.8, 4) is 11.5 Å². The lowest BCUT2D eigenvalue weighted by atomic mass is 10.0. The molecular formula is C11H13BrO4. The molecule has 0 amide bonds. The summed E-state index contributed by atoms with van der Waals surface area (Å²) in [4.78, 5) is 10.7. The van der Waals surface area contributed by atoms with Crippen LogP contribution >= 0.6 is 15.9 Å². The van der Waals surface area contributed by atoms with Gasteiger partial charge in [0.25, 0.3) is 0 Å². The normalized spacial score (nSPS) is 12.2. The van der Waals surface area contributed by atoms with Crippen molar-refractivity contribution in [3.05, 3.63) is 22.2 Å². The Morgan fingerprint density at radius 3 is 2.69 bits per heavy atom. The van der Waals surface area contributed by atoms with Crippen LogP contribution in [-0.4, -0.2) is 23.3 Å². The molecule has 16 heavy (non-hydrogen) atoms. The van der Waals surface area contributed by atoms with E-state index in [1.54, 1.807) is 19.1 Å². The summed E-state index contributed by atoms with van der Waals surface area (Å²) < 4.78 is 5.59. The van der Waals surface area contributed by atoms with Gasteiger partial charge in [0.05, 0.1) is 17.5 Å². The van der Waals surface area contributed by atoms with Gasteiger partial charge >= 0.3 is 5.97 Å². The Bertz CT molecular complexity index is 403. The second kappa shape index (κ2) is 5.21. The Labute approximate surface area is 102 Å². The molecule has 0 bridgehead atoms. The van der Waals surface area contributed by atoms with Crippen LogP contribution in [0, 0.1) is 5.92 Å². The quantitative estimate of drug-likeness (QED) is 0.893. The lowest BCUT2D eigenvalue weighted by molar-refractivity contribution is -0.141. The standard InChI is InChI=1S/C11H13BrO4/c1-6(11(14)15)5-7-3-4-8(12)9(13)10(7)16-2/h3-4,6,13H,5H2,1-2H3,(H,14,15). The zero-order valence-corrected chi connectivity index (χ0v) is 10.6. The van der Waals surface area contributed by atoms with Gasteiger partial charge in [-0.1, -0.05) is 13.0 Å². The van der Waals surface area contributed by atoms with Crippen LogP contribution in [0.3, 0.4) is 0 Å². The molecule has 1 aromatic carbocycles. The molecule has 4 nitrogen and oxygen atoms in total. The lowest BCUT2D eigenvalue weighted by Gasteiger charge is -2.13. The minimum atomic E-state index is -0.871. The average molecular weight is 289 g/mol. The number of rotatable bonds is 4. The number of methoxy groups -OCH3 is 1. The molecule has 0 aliphatic rings. The van der Waals surface area contributed by atoms with Gasteiger partial charge in [-0.15, -0.1) is 0 Å². The van der Waals surface area contributed by atoms with Gasteiger partial charge in [0, 0.05) is 0 Å². The van der Waals surface area contributed by atoms with Gasteiger partial charge in [-0.05, 0) is 34.0 Å². The molecule has 0 saturated carbocycles. The van der Waals surface area contributed by atoms with Crippen LogP contribution in [0.5, 0.6) is 11.5 Å². The van der Waals surface area contributed by atoms with Crippen LogP contribution in [0.2, 0.25) is 0 Å². The predicted octanol–water partition coefficient (Wildman–Crippen LogP) is 2.43. The number of phenols is 1. The highest BCUT2D eigenvalue weighted by Gasteiger charge is 2.17. The summed E-state index contributed by atoms with van der Waals surface area (Å²) in [6.07, 6.45) is 0.319. The minimum Gasteiger partial charge on any atom is -0.503 e. The van der Waals surface area contributed by atoms with Crippen LogP contribution in [0.1, 0.15) is 12.5 Å². The molecular weight excluding hydrogens is 276 g/mol. The van der Waals surface area contributed by atoms with E-state index in [4.69, 9.17) is 9.84 Å². The van der Waals surface area contributed by atoms with Gasteiger partial charge in [-0.3, -0.25) is 4.79 Å². The average Bonchev–Trinajstić information content (AvgIpc) is 2.23. The fraction of sp³-hybridized carbons (Fsp3) is 0.364. The van der Waals surface area contributed by atoms with E-state index in [2.05, 4.69) is 15.9 Å². The number of halogens is 1.